The summed E-state index contributed by atoms with van der Waals surface area (Å²) in [6.45, 7) is 2.07. The Bertz CT molecular complexity index is 1420. The number of hydrogen-bond donors (Lipinski definition) is 0. The zero-order chi connectivity index (χ0) is 32.2. The molecule has 45 heavy (non-hydrogen) atoms. The van der Waals surface area contributed by atoms with E-state index in [1.807, 2.05) is 0 Å². The maximum Gasteiger partial charge on any atom is 0.438 e. The molecule has 3 aliphatic rings. The van der Waals surface area contributed by atoms with Gasteiger partial charge in [0.05, 0.1) is 44.8 Å². The van der Waals surface area contributed by atoms with Gasteiger partial charge in [0.15, 0.2) is 0 Å². The highest BCUT2D eigenvalue weighted by Gasteiger charge is 2.53. The Labute approximate surface area is 265 Å². The number of carbonyl (C=O) groups is 2. The topological polar surface area (TPSA) is 142 Å². The number of hydrogen-bond acceptors (Lipinski definition) is 12. The van der Waals surface area contributed by atoms with E-state index in [-0.39, 0.29) is 13.2 Å². The summed E-state index contributed by atoms with van der Waals surface area (Å²) in [5.74, 6) is -1.33. The zero-order valence-corrected chi connectivity index (χ0v) is 26.5. The number of fused-ring (bicyclic) bond motifs is 4. The van der Waals surface area contributed by atoms with Crippen LogP contribution in [0, 0.1) is 11.8 Å². The SMILES string of the molecule is [B][B][C@@H]1O[C@@H]2COP(=O)(C(=O)OCc3ccccc3)O[C@@H]3[C@H](C)[C@@H](COP(=O)(C(=O)OCc4ccccc4)O[C@@H]1[C@@H]2C)O[C@H]3[B]. The van der Waals surface area contributed by atoms with Crippen LogP contribution in [0.3, 0.4) is 0 Å². The van der Waals surface area contributed by atoms with Crippen molar-refractivity contribution in [2.45, 2.75) is 63.5 Å². The lowest BCUT2D eigenvalue weighted by molar-refractivity contribution is 0.0119. The van der Waals surface area contributed by atoms with E-state index in [9.17, 15) is 18.7 Å². The average Bonchev–Trinajstić information content (AvgIpc) is 3.49. The van der Waals surface area contributed by atoms with Crippen LogP contribution in [0.25, 0.3) is 0 Å². The molecule has 3 saturated heterocycles. The van der Waals surface area contributed by atoms with E-state index in [1.54, 1.807) is 74.5 Å². The molecule has 2 aromatic rings. The van der Waals surface area contributed by atoms with Crippen molar-refractivity contribution in [2.75, 3.05) is 13.2 Å². The minimum absolute atomic E-state index is 0.178. The van der Waals surface area contributed by atoms with Crippen molar-refractivity contribution in [1.29, 1.82) is 0 Å². The van der Waals surface area contributed by atoms with Crippen LogP contribution in [0.1, 0.15) is 25.0 Å². The molecule has 12 nitrogen and oxygen atoms in total. The molecule has 3 fully saturated rings. The maximum atomic E-state index is 14.1. The molecule has 10 atom stereocenters. The van der Waals surface area contributed by atoms with E-state index in [2.05, 4.69) is 0 Å². The molecule has 17 heteroatoms. The first kappa shape index (κ1) is 34.1. The summed E-state index contributed by atoms with van der Waals surface area (Å²) in [5, 5.41) is 0. The highest BCUT2D eigenvalue weighted by molar-refractivity contribution is 7.71. The molecular weight excluding hydrogens is 623 g/mol. The van der Waals surface area contributed by atoms with Gasteiger partial charge >= 0.3 is 26.6 Å². The zero-order valence-electron chi connectivity index (χ0n) is 24.7. The van der Waals surface area contributed by atoms with Crippen LogP contribution in [0.4, 0.5) is 9.59 Å². The van der Waals surface area contributed by atoms with Crippen LogP contribution in [0.15, 0.2) is 60.7 Å². The second kappa shape index (κ2) is 14.7. The highest BCUT2D eigenvalue weighted by atomic mass is 31.2. The van der Waals surface area contributed by atoms with Gasteiger partial charge in [0, 0.05) is 31.6 Å². The quantitative estimate of drug-likeness (QED) is 0.306. The molecule has 235 valence electrons. The van der Waals surface area contributed by atoms with E-state index in [4.69, 9.17) is 52.6 Å². The van der Waals surface area contributed by atoms with E-state index < -0.39 is 88.1 Å². The molecule has 5 rings (SSSR count). The third kappa shape index (κ3) is 7.85. The number of rotatable bonds is 7. The summed E-state index contributed by atoms with van der Waals surface area (Å²) in [6.07, 6.45) is -4.03. The van der Waals surface area contributed by atoms with Gasteiger partial charge in [0.1, 0.15) is 21.1 Å². The summed E-state index contributed by atoms with van der Waals surface area (Å²) < 4.78 is 73.6. The minimum atomic E-state index is -4.66. The van der Waals surface area contributed by atoms with Gasteiger partial charge in [0.25, 0.3) is 0 Å². The predicted octanol–water partition coefficient (Wildman–Crippen LogP) is 4.54. The lowest BCUT2D eigenvalue weighted by Crippen LogP contribution is -2.35. The van der Waals surface area contributed by atoms with Gasteiger partial charge in [-0.2, -0.15) is 0 Å². The van der Waals surface area contributed by atoms with Crippen LogP contribution >= 0.6 is 15.2 Å². The van der Waals surface area contributed by atoms with Gasteiger partial charge in [-0.05, 0) is 11.1 Å². The third-order valence-corrected chi connectivity index (χ3v) is 11.1. The van der Waals surface area contributed by atoms with Crippen molar-refractivity contribution < 1.29 is 55.8 Å². The minimum Gasteiger partial charge on any atom is -0.452 e. The third-order valence-electron chi connectivity index (χ3n) is 7.91. The highest BCUT2D eigenvalue weighted by Crippen LogP contribution is 2.57. The first-order chi connectivity index (χ1) is 21.5. The van der Waals surface area contributed by atoms with Crippen LogP contribution in [0.5, 0.6) is 0 Å². The lowest BCUT2D eigenvalue weighted by atomic mass is 9.50. The van der Waals surface area contributed by atoms with Crippen molar-refractivity contribution in [3.05, 3.63) is 71.8 Å². The fourth-order valence-electron chi connectivity index (χ4n) is 5.19. The van der Waals surface area contributed by atoms with Crippen LogP contribution < -0.4 is 0 Å². The second-order valence-corrected chi connectivity index (χ2v) is 14.7. The molecule has 0 amide bonds. The van der Waals surface area contributed by atoms with Crippen molar-refractivity contribution in [3.63, 3.8) is 0 Å². The van der Waals surface area contributed by atoms with Gasteiger partial charge in [-0.1, -0.05) is 74.5 Å². The molecule has 2 aromatic carbocycles. The van der Waals surface area contributed by atoms with Gasteiger partial charge in [-0.15, -0.1) is 0 Å². The Kier molecular flexibility index (Phi) is 11.1. The number of carbonyl (C=O) groups excluding carboxylic acids is 2. The fourth-order valence-corrected chi connectivity index (χ4v) is 8.09. The van der Waals surface area contributed by atoms with Crippen LogP contribution in [-0.2, 0) is 59.4 Å². The monoisotopic (exact) mass is 655 g/mol. The molecule has 2 unspecified atom stereocenters. The summed E-state index contributed by atoms with van der Waals surface area (Å²) >= 11 is 0. The first-order valence-electron chi connectivity index (χ1n) is 14.4. The summed E-state index contributed by atoms with van der Waals surface area (Å²) in [7, 11) is 3.83. The van der Waals surface area contributed by atoms with Gasteiger partial charge < -0.3 is 18.9 Å². The van der Waals surface area contributed by atoms with E-state index >= 15 is 0 Å². The van der Waals surface area contributed by atoms with Gasteiger partial charge in [-0.25, -0.2) is 18.7 Å². The molecule has 5 radical (unpaired) electrons. The fraction of sp³-hybridized carbons (Fsp3) is 0.500. The first-order valence-corrected chi connectivity index (χ1v) is 17.5. The molecule has 0 aromatic heterocycles. The van der Waals surface area contributed by atoms with Crippen molar-refractivity contribution in [3.8, 4) is 0 Å². The van der Waals surface area contributed by atoms with Crippen molar-refractivity contribution in [2.24, 2.45) is 11.8 Å². The second-order valence-electron chi connectivity index (χ2n) is 11.0. The summed E-state index contributed by atoms with van der Waals surface area (Å²) in [4.78, 5) is 26.5. The molecule has 0 N–H and O–H groups in total. The van der Waals surface area contributed by atoms with E-state index in [0.717, 1.165) is 7.17 Å². The molecule has 0 saturated carbocycles. The molecule has 4 bridgehead atoms. The van der Waals surface area contributed by atoms with E-state index in [1.165, 1.54) is 0 Å². The summed E-state index contributed by atoms with van der Waals surface area (Å²) in [6, 6.07) is 15.5. The lowest BCUT2D eigenvalue weighted by Gasteiger charge is -2.28. The average molecular weight is 655 g/mol. The largest absolute Gasteiger partial charge is 0.452 e. The van der Waals surface area contributed by atoms with Crippen LogP contribution in [-0.4, -0.2) is 83.8 Å². The number of ether oxygens (including phenoxy) is 4. The Hall–Kier alpha value is -2.21. The Morgan fingerprint density at radius 3 is 1.71 bits per heavy atom. The standard InChI is InChI=1S/C28H32B3O12P2/c1-17-21-15-38-45(35,28(33)37-14-20-11-7-4-8-12-20)43-24-18(2)22(41-26(24)31-30)16-39-44(34,42-23(17)25(29)40-21)27(32)36-13-19-9-5-3-6-10-19/h3-12,17-18,21-26H,13-16H2,1-2H3/t17-,18-,21-,22-,23-,24-,25-,26-,44?,45?/m1/s1. The van der Waals surface area contributed by atoms with Gasteiger partial charge in [-0.3, -0.25) is 18.1 Å². The molecule has 0 spiro atoms. The Morgan fingerprint density at radius 2 is 1.22 bits per heavy atom. The van der Waals surface area contributed by atoms with Crippen molar-refractivity contribution in [1.82, 2.24) is 0 Å². The normalized spacial score (nSPS) is 36.8. The summed E-state index contributed by atoms with van der Waals surface area (Å²) in [5.41, 5.74) is -1.11. The number of benzene rings is 2. The van der Waals surface area contributed by atoms with Crippen LogP contribution in [0.2, 0.25) is 0 Å². The molecule has 3 heterocycles. The smallest absolute Gasteiger partial charge is 0.438 e. The Morgan fingerprint density at radius 1 is 0.778 bits per heavy atom. The van der Waals surface area contributed by atoms with Crippen molar-refractivity contribution >= 4 is 49.4 Å². The maximum absolute atomic E-state index is 14.1. The van der Waals surface area contributed by atoms with Gasteiger partial charge in [0.2, 0.25) is 0 Å². The van der Waals surface area contributed by atoms with E-state index in [0.29, 0.717) is 11.1 Å². The Balaban J connectivity index is 1.40. The predicted molar refractivity (Wildman–Crippen MR) is 163 cm³/mol. The molecule has 0 aliphatic carbocycles. The molecular formula is C28H32B3O12P2. The molecule has 3 aliphatic heterocycles.